The zero-order valence-corrected chi connectivity index (χ0v) is 12.3. The minimum Gasteiger partial charge on any atom is -0.361 e. The average molecular weight is 274 g/mol. The molecular weight excluding hydrogens is 256 g/mol. The third kappa shape index (κ3) is 1.31. The fourth-order valence-electron chi connectivity index (χ4n) is 4.56. The molecule has 1 aliphatic carbocycles. The molecule has 2 aliphatic heterocycles. The molecule has 2 aromatic rings. The second kappa shape index (κ2) is 3.66. The molecule has 1 heteroatoms. The first-order valence-electron chi connectivity index (χ1n) is 7.74. The summed E-state index contributed by atoms with van der Waals surface area (Å²) in [5.74, 6) is 1.07. The Balaban J connectivity index is 1.61. The molecule has 1 fully saturated rings. The van der Waals surface area contributed by atoms with Gasteiger partial charge in [-0.3, -0.25) is 0 Å². The fourth-order valence-corrected chi connectivity index (χ4v) is 4.56. The molecule has 4 unspecified atom stereocenters. The van der Waals surface area contributed by atoms with E-state index >= 15 is 0 Å². The lowest BCUT2D eigenvalue weighted by Crippen LogP contribution is -2.38. The summed E-state index contributed by atoms with van der Waals surface area (Å²) in [5, 5.41) is 0. The van der Waals surface area contributed by atoms with Crippen molar-refractivity contribution in [3.05, 3.63) is 76.9 Å². The molecule has 4 atom stereocenters. The Morgan fingerprint density at radius 2 is 1.76 bits per heavy atom. The SMILES string of the molecule is Cc1ccc(C2=CC3C4OC(C)(c5ccccc54)C23)cc1. The van der Waals surface area contributed by atoms with Crippen LogP contribution in [0.15, 0.2) is 54.6 Å². The van der Waals surface area contributed by atoms with Gasteiger partial charge in [0.2, 0.25) is 0 Å². The van der Waals surface area contributed by atoms with Crippen LogP contribution in [0.25, 0.3) is 5.57 Å². The normalized spacial score (nSPS) is 35.0. The zero-order chi connectivity index (χ0) is 14.2. The number of benzene rings is 2. The largest absolute Gasteiger partial charge is 0.361 e. The van der Waals surface area contributed by atoms with Gasteiger partial charge < -0.3 is 4.74 Å². The standard InChI is InChI=1S/C20H18O/c1-12-7-9-13(10-8-12)15-11-16-18(15)20(2)17-6-4-3-5-14(17)19(16)21-20/h3-11,16,18-19H,1-2H3. The fraction of sp³-hybridized carbons (Fsp3) is 0.300. The van der Waals surface area contributed by atoms with E-state index in [1.54, 1.807) is 0 Å². The van der Waals surface area contributed by atoms with Gasteiger partial charge in [-0.2, -0.15) is 0 Å². The molecule has 2 bridgehead atoms. The van der Waals surface area contributed by atoms with E-state index in [1.807, 2.05) is 0 Å². The number of rotatable bonds is 1. The maximum absolute atomic E-state index is 6.44. The van der Waals surface area contributed by atoms with Crippen molar-refractivity contribution < 1.29 is 4.74 Å². The van der Waals surface area contributed by atoms with Crippen LogP contribution in [0.3, 0.4) is 0 Å². The maximum Gasteiger partial charge on any atom is 0.0990 e. The Morgan fingerprint density at radius 1 is 1.00 bits per heavy atom. The number of ether oxygens (including phenoxy) is 1. The molecule has 21 heavy (non-hydrogen) atoms. The summed E-state index contributed by atoms with van der Waals surface area (Å²) in [7, 11) is 0. The lowest BCUT2D eigenvalue weighted by molar-refractivity contribution is -0.0174. The number of hydrogen-bond donors (Lipinski definition) is 0. The molecule has 0 N–H and O–H groups in total. The summed E-state index contributed by atoms with van der Waals surface area (Å²) in [6.45, 7) is 4.41. The molecule has 1 saturated heterocycles. The number of fused-ring (bicyclic) bond motifs is 8. The topological polar surface area (TPSA) is 9.23 Å². The van der Waals surface area contributed by atoms with Gasteiger partial charge >= 0.3 is 0 Å². The van der Waals surface area contributed by atoms with E-state index in [4.69, 9.17) is 4.74 Å². The Bertz CT molecular complexity index is 771. The van der Waals surface area contributed by atoms with Crippen molar-refractivity contribution in [1.29, 1.82) is 0 Å². The van der Waals surface area contributed by atoms with E-state index in [2.05, 4.69) is 68.5 Å². The molecular formula is C20H18O. The smallest absolute Gasteiger partial charge is 0.0990 e. The van der Waals surface area contributed by atoms with Gasteiger partial charge in [-0.15, -0.1) is 0 Å². The molecule has 1 nitrogen and oxygen atoms in total. The van der Waals surface area contributed by atoms with Crippen molar-refractivity contribution in [3.63, 3.8) is 0 Å². The van der Waals surface area contributed by atoms with Crippen LogP contribution in [0.2, 0.25) is 0 Å². The maximum atomic E-state index is 6.44. The predicted molar refractivity (Wildman–Crippen MR) is 83.8 cm³/mol. The van der Waals surface area contributed by atoms with Crippen LogP contribution in [0.1, 0.15) is 35.3 Å². The van der Waals surface area contributed by atoms with Gasteiger partial charge in [0.15, 0.2) is 0 Å². The van der Waals surface area contributed by atoms with Crippen LogP contribution in [-0.2, 0) is 10.3 Å². The van der Waals surface area contributed by atoms with Gasteiger partial charge in [0.05, 0.1) is 11.7 Å². The summed E-state index contributed by atoms with van der Waals surface area (Å²) in [6, 6.07) is 17.6. The summed E-state index contributed by atoms with van der Waals surface area (Å²) >= 11 is 0. The van der Waals surface area contributed by atoms with Crippen LogP contribution >= 0.6 is 0 Å². The average Bonchev–Trinajstić information content (AvgIpc) is 2.86. The Kier molecular flexibility index (Phi) is 2.05. The van der Waals surface area contributed by atoms with Crippen molar-refractivity contribution >= 4 is 5.57 Å². The second-order valence-corrected chi connectivity index (χ2v) is 6.78. The first-order chi connectivity index (χ1) is 10.2. The second-order valence-electron chi connectivity index (χ2n) is 6.78. The highest BCUT2D eigenvalue weighted by Crippen LogP contribution is 2.68. The summed E-state index contributed by atoms with van der Waals surface area (Å²) in [4.78, 5) is 0. The molecule has 0 amide bonds. The van der Waals surface area contributed by atoms with Gasteiger partial charge in [-0.05, 0) is 36.1 Å². The Hall–Kier alpha value is -1.86. The van der Waals surface area contributed by atoms with Crippen LogP contribution in [-0.4, -0.2) is 0 Å². The lowest BCUT2D eigenvalue weighted by atomic mass is 9.59. The molecule has 2 heterocycles. The van der Waals surface area contributed by atoms with Crippen molar-refractivity contribution in [1.82, 2.24) is 0 Å². The molecule has 0 saturated carbocycles. The van der Waals surface area contributed by atoms with Crippen LogP contribution < -0.4 is 0 Å². The Labute approximate surface area is 125 Å². The van der Waals surface area contributed by atoms with Gasteiger partial charge in [-0.1, -0.05) is 60.2 Å². The van der Waals surface area contributed by atoms with Crippen molar-refractivity contribution in [2.75, 3.05) is 0 Å². The number of aryl methyl sites for hydroxylation is 1. The highest BCUT2D eigenvalue weighted by molar-refractivity contribution is 5.77. The van der Waals surface area contributed by atoms with Gasteiger partial charge in [-0.25, -0.2) is 0 Å². The van der Waals surface area contributed by atoms with Gasteiger partial charge in [0.1, 0.15) is 0 Å². The van der Waals surface area contributed by atoms with E-state index in [0.29, 0.717) is 11.8 Å². The van der Waals surface area contributed by atoms with Gasteiger partial charge in [0, 0.05) is 11.8 Å². The minimum atomic E-state index is -0.138. The predicted octanol–water partition coefficient (Wildman–Crippen LogP) is 4.62. The first kappa shape index (κ1) is 11.8. The third-order valence-corrected chi connectivity index (χ3v) is 5.59. The number of hydrogen-bond acceptors (Lipinski definition) is 1. The summed E-state index contributed by atoms with van der Waals surface area (Å²) < 4.78 is 6.44. The zero-order valence-electron chi connectivity index (χ0n) is 12.3. The van der Waals surface area contributed by atoms with Crippen molar-refractivity contribution in [3.8, 4) is 0 Å². The highest BCUT2D eigenvalue weighted by atomic mass is 16.5. The third-order valence-electron chi connectivity index (χ3n) is 5.59. The highest BCUT2D eigenvalue weighted by Gasteiger charge is 2.63. The van der Waals surface area contributed by atoms with E-state index in [-0.39, 0.29) is 11.7 Å². The quantitative estimate of drug-likeness (QED) is 0.737. The molecule has 2 aromatic carbocycles. The van der Waals surface area contributed by atoms with Gasteiger partial charge in [0.25, 0.3) is 0 Å². The summed E-state index contributed by atoms with van der Waals surface area (Å²) in [5.41, 5.74) is 6.81. The van der Waals surface area contributed by atoms with Crippen molar-refractivity contribution in [2.45, 2.75) is 25.6 Å². The monoisotopic (exact) mass is 274 g/mol. The van der Waals surface area contributed by atoms with E-state index in [1.165, 1.54) is 27.8 Å². The molecule has 104 valence electrons. The van der Waals surface area contributed by atoms with Crippen LogP contribution in [0, 0.1) is 18.8 Å². The van der Waals surface area contributed by atoms with E-state index in [9.17, 15) is 0 Å². The minimum absolute atomic E-state index is 0.138. The van der Waals surface area contributed by atoms with E-state index in [0.717, 1.165) is 0 Å². The van der Waals surface area contributed by atoms with Crippen LogP contribution in [0.4, 0.5) is 0 Å². The molecule has 5 rings (SSSR count). The van der Waals surface area contributed by atoms with Crippen LogP contribution in [0.5, 0.6) is 0 Å². The Morgan fingerprint density at radius 3 is 2.57 bits per heavy atom. The lowest BCUT2D eigenvalue weighted by Gasteiger charge is -2.42. The molecule has 3 aliphatic rings. The van der Waals surface area contributed by atoms with Crippen molar-refractivity contribution in [2.24, 2.45) is 11.8 Å². The van der Waals surface area contributed by atoms with E-state index < -0.39 is 0 Å². The summed E-state index contributed by atoms with van der Waals surface area (Å²) in [6.07, 6.45) is 2.70. The molecule has 0 spiro atoms. The molecule has 0 radical (unpaired) electrons. The first-order valence-corrected chi connectivity index (χ1v) is 7.74. The molecule has 0 aromatic heterocycles.